The van der Waals surface area contributed by atoms with E-state index in [-0.39, 0.29) is 0 Å². The third kappa shape index (κ3) is 5.03. The number of aromatic nitrogens is 2. The monoisotopic (exact) mass is 265 g/mol. The third-order valence-corrected chi connectivity index (χ3v) is 2.97. The number of aryl methyl sites for hydroxylation is 1. The van der Waals surface area contributed by atoms with Crippen LogP contribution in [0.25, 0.3) is 0 Å². The van der Waals surface area contributed by atoms with Crippen LogP contribution in [0.15, 0.2) is 0 Å². The van der Waals surface area contributed by atoms with Crippen molar-refractivity contribution < 1.29 is 0 Å². The molecule has 1 aromatic rings. The second kappa shape index (κ2) is 6.70. The van der Waals surface area contributed by atoms with Crippen LogP contribution in [0.3, 0.4) is 0 Å². The minimum Gasteiger partial charge on any atom is -0.370 e. The quantitative estimate of drug-likeness (QED) is 0.544. The number of nitrogens with zero attached hydrogens (tertiary/aromatic N) is 2. The van der Waals surface area contributed by atoms with Crippen molar-refractivity contribution in [3.63, 3.8) is 0 Å². The van der Waals surface area contributed by atoms with Gasteiger partial charge in [0.05, 0.1) is 0 Å². The molecule has 0 saturated heterocycles. The number of nitrogens with two attached hydrogens (primary N) is 1. The molecule has 0 aromatic carbocycles. The molecule has 0 fully saturated rings. The fourth-order valence-electron chi connectivity index (χ4n) is 1.77. The van der Waals surface area contributed by atoms with Crippen molar-refractivity contribution in [1.82, 2.24) is 9.97 Å². The molecule has 0 aliphatic rings. The van der Waals surface area contributed by atoms with Crippen LogP contribution in [0.4, 0.5) is 11.6 Å². The lowest BCUT2D eigenvalue weighted by Crippen LogP contribution is -2.17. The number of hydrogen-bond donors (Lipinski definition) is 3. The van der Waals surface area contributed by atoms with Gasteiger partial charge in [0, 0.05) is 18.5 Å². The highest BCUT2D eigenvalue weighted by Gasteiger charge is 2.12. The van der Waals surface area contributed by atoms with Crippen LogP contribution in [-0.4, -0.2) is 16.5 Å². The van der Waals surface area contributed by atoms with E-state index in [4.69, 9.17) is 5.84 Å². The van der Waals surface area contributed by atoms with Crippen LogP contribution in [0.5, 0.6) is 0 Å². The van der Waals surface area contributed by atoms with Crippen molar-refractivity contribution in [2.75, 3.05) is 17.3 Å². The largest absolute Gasteiger partial charge is 0.370 e. The van der Waals surface area contributed by atoms with Crippen LogP contribution in [0.1, 0.15) is 51.9 Å². The fraction of sp³-hybridized carbons (Fsp3) is 0.714. The molecule has 1 heterocycles. The average Bonchev–Trinajstić information content (AvgIpc) is 2.31. The zero-order valence-corrected chi connectivity index (χ0v) is 12.8. The van der Waals surface area contributed by atoms with E-state index in [1.165, 1.54) is 0 Å². The van der Waals surface area contributed by atoms with E-state index in [9.17, 15) is 0 Å². The predicted molar refractivity (Wildman–Crippen MR) is 81.1 cm³/mol. The summed E-state index contributed by atoms with van der Waals surface area (Å²) >= 11 is 0. The lowest BCUT2D eigenvalue weighted by molar-refractivity contribution is 0.389. The second-order valence-corrected chi connectivity index (χ2v) is 6.09. The first-order valence-electron chi connectivity index (χ1n) is 6.95. The summed E-state index contributed by atoms with van der Waals surface area (Å²) in [5.74, 6) is 7.94. The van der Waals surface area contributed by atoms with E-state index in [1.807, 2.05) is 6.92 Å². The van der Waals surface area contributed by atoms with Crippen molar-refractivity contribution in [2.24, 2.45) is 11.3 Å². The van der Waals surface area contributed by atoms with E-state index in [0.29, 0.717) is 11.2 Å². The summed E-state index contributed by atoms with van der Waals surface area (Å²) in [5.41, 5.74) is 3.93. The Bertz CT molecular complexity index is 409. The first kappa shape index (κ1) is 15.7. The molecule has 0 atom stereocenters. The summed E-state index contributed by atoms with van der Waals surface area (Å²) in [6, 6.07) is 0. The Morgan fingerprint density at radius 3 is 2.32 bits per heavy atom. The smallest absolute Gasteiger partial charge is 0.148 e. The molecule has 0 aliphatic heterocycles. The van der Waals surface area contributed by atoms with Gasteiger partial charge >= 0.3 is 0 Å². The molecule has 19 heavy (non-hydrogen) atoms. The van der Waals surface area contributed by atoms with E-state index in [1.54, 1.807) is 0 Å². The Kier molecular flexibility index (Phi) is 5.54. The van der Waals surface area contributed by atoms with Gasteiger partial charge in [-0.05, 0) is 25.2 Å². The Hall–Kier alpha value is -1.36. The maximum Gasteiger partial charge on any atom is 0.148 e. The van der Waals surface area contributed by atoms with Gasteiger partial charge in [-0.15, -0.1) is 0 Å². The minimum absolute atomic E-state index is 0.315. The van der Waals surface area contributed by atoms with Gasteiger partial charge in [-0.1, -0.05) is 27.7 Å². The number of rotatable bonds is 6. The van der Waals surface area contributed by atoms with Gasteiger partial charge in [-0.3, -0.25) is 0 Å². The summed E-state index contributed by atoms with van der Waals surface area (Å²) in [4.78, 5) is 8.98. The standard InChI is InChI=1S/C14H27N5/c1-6-7-11-17-12(10(2)13(18-11)19-15)16-9-8-14(3,4)5/h6-9,15H2,1-5H3,(H2,16,17,18,19). The molecule has 5 nitrogen and oxygen atoms in total. The van der Waals surface area contributed by atoms with Crippen LogP contribution >= 0.6 is 0 Å². The van der Waals surface area contributed by atoms with E-state index in [0.717, 1.165) is 43.0 Å². The lowest BCUT2D eigenvalue weighted by Gasteiger charge is -2.19. The van der Waals surface area contributed by atoms with Crippen molar-refractivity contribution in [3.05, 3.63) is 11.4 Å². The summed E-state index contributed by atoms with van der Waals surface area (Å²) in [6.07, 6.45) is 2.97. The first-order chi connectivity index (χ1) is 8.87. The molecule has 1 rings (SSSR count). The molecule has 1 aromatic heterocycles. The second-order valence-electron chi connectivity index (χ2n) is 6.09. The lowest BCUT2D eigenvalue weighted by atomic mass is 9.92. The van der Waals surface area contributed by atoms with E-state index < -0.39 is 0 Å². The normalized spacial score (nSPS) is 11.5. The molecule has 0 aliphatic carbocycles. The van der Waals surface area contributed by atoms with Gasteiger partial charge in [0.2, 0.25) is 0 Å². The third-order valence-electron chi connectivity index (χ3n) is 2.97. The molecule has 0 amide bonds. The van der Waals surface area contributed by atoms with Gasteiger partial charge < -0.3 is 10.7 Å². The summed E-state index contributed by atoms with van der Waals surface area (Å²) in [6.45, 7) is 11.7. The van der Waals surface area contributed by atoms with Gasteiger partial charge in [0.1, 0.15) is 17.5 Å². The molecule has 0 unspecified atom stereocenters. The molecular formula is C14H27N5. The SMILES string of the molecule is CCCc1nc(NN)c(C)c(NCCC(C)(C)C)n1. The maximum atomic E-state index is 5.51. The number of hydrazine groups is 1. The van der Waals surface area contributed by atoms with Gasteiger partial charge in [-0.25, -0.2) is 15.8 Å². The van der Waals surface area contributed by atoms with Crippen LogP contribution in [0.2, 0.25) is 0 Å². The van der Waals surface area contributed by atoms with Gasteiger partial charge in [0.25, 0.3) is 0 Å². The Labute approximate surface area is 116 Å². The Morgan fingerprint density at radius 1 is 1.16 bits per heavy atom. The molecular weight excluding hydrogens is 238 g/mol. The number of nitrogens with one attached hydrogen (secondary N) is 2. The summed E-state index contributed by atoms with van der Waals surface area (Å²) < 4.78 is 0. The van der Waals surface area contributed by atoms with Crippen molar-refractivity contribution in [3.8, 4) is 0 Å². The zero-order valence-electron chi connectivity index (χ0n) is 12.8. The molecule has 0 saturated carbocycles. The number of anilines is 2. The van der Waals surface area contributed by atoms with Gasteiger partial charge in [0.15, 0.2) is 0 Å². The zero-order chi connectivity index (χ0) is 14.5. The van der Waals surface area contributed by atoms with E-state index in [2.05, 4.69) is 48.4 Å². The van der Waals surface area contributed by atoms with Crippen molar-refractivity contribution in [2.45, 2.75) is 53.9 Å². The van der Waals surface area contributed by atoms with Gasteiger partial charge in [-0.2, -0.15) is 0 Å². The molecule has 0 radical (unpaired) electrons. The topological polar surface area (TPSA) is 75.9 Å². The van der Waals surface area contributed by atoms with Crippen LogP contribution in [0, 0.1) is 12.3 Å². The molecule has 4 N–H and O–H groups in total. The number of nitrogen functional groups attached to an aromatic ring is 1. The fourth-order valence-corrected chi connectivity index (χ4v) is 1.77. The molecule has 5 heteroatoms. The number of hydrogen-bond acceptors (Lipinski definition) is 5. The Balaban J connectivity index is 2.83. The van der Waals surface area contributed by atoms with Crippen LogP contribution < -0.4 is 16.6 Å². The molecule has 108 valence electrons. The van der Waals surface area contributed by atoms with Crippen LogP contribution in [-0.2, 0) is 6.42 Å². The Morgan fingerprint density at radius 2 is 1.79 bits per heavy atom. The van der Waals surface area contributed by atoms with Crippen molar-refractivity contribution in [1.29, 1.82) is 0 Å². The summed E-state index contributed by atoms with van der Waals surface area (Å²) in [5, 5.41) is 3.40. The van der Waals surface area contributed by atoms with E-state index >= 15 is 0 Å². The minimum atomic E-state index is 0.315. The molecule has 0 bridgehead atoms. The summed E-state index contributed by atoms with van der Waals surface area (Å²) in [7, 11) is 0. The van der Waals surface area contributed by atoms with Crippen molar-refractivity contribution >= 4 is 11.6 Å². The highest BCUT2D eigenvalue weighted by Crippen LogP contribution is 2.22. The highest BCUT2D eigenvalue weighted by molar-refractivity contribution is 5.56. The molecule has 0 spiro atoms. The average molecular weight is 265 g/mol. The predicted octanol–water partition coefficient (Wildman–Crippen LogP) is 2.87. The maximum absolute atomic E-state index is 5.51. The first-order valence-corrected chi connectivity index (χ1v) is 6.95. The highest BCUT2D eigenvalue weighted by atomic mass is 15.3.